The summed E-state index contributed by atoms with van der Waals surface area (Å²) < 4.78 is 5.19. The zero-order valence-corrected chi connectivity index (χ0v) is 18.4. The lowest BCUT2D eigenvalue weighted by atomic mass is 9.93. The van der Waals surface area contributed by atoms with Crippen LogP contribution in [-0.2, 0) is 9.53 Å². The van der Waals surface area contributed by atoms with Gasteiger partial charge in [-0.05, 0) is 50.8 Å². The fraction of sp³-hybridized carbons (Fsp3) is 0.409. The molecule has 1 saturated heterocycles. The quantitative estimate of drug-likeness (QED) is 0.574. The number of nitrogens with one attached hydrogen (secondary N) is 1. The summed E-state index contributed by atoms with van der Waals surface area (Å²) in [5.41, 5.74) is -0.384. The van der Waals surface area contributed by atoms with Gasteiger partial charge in [0, 0.05) is 47.9 Å². The van der Waals surface area contributed by atoms with Gasteiger partial charge in [-0.15, -0.1) is 0 Å². The van der Waals surface area contributed by atoms with Gasteiger partial charge in [0.1, 0.15) is 11.3 Å². The van der Waals surface area contributed by atoms with Crippen LogP contribution in [0.25, 0.3) is 10.8 Å². The molecule has 0 spiro atoms. The number of carbonyl (C=O) groups excluding carboxylic acids is 3. The van der Waals surface area contributed by atoms with E-state index in [1.165, 1.54) is 6.21 Å². The van der Waals surface area contributed by atoms with E-state index in [-0.39, 0.29) is 23.6 Å². The third kappa shape index (κ3) is 6.24. The first-order valence-corrected chi connectivity index (χ1v) is 10.3. The van der Waals surface area contributed by atoms with Crippen molar-refractivity contribution in [1.82, 2.24) is 15.2 Å². The molecule has 1 aromatic heterocycles. The van der Waals surface area contributed by atoms with E-state index in [0.29, 0.717) is 24.5 Å². The zero-order chi connectivity index (χ0) is 22.6. The molecule has 2 atom stereocenters. The summed E-state index contributed by atoms with van der Waals surface area (Å²) in [6.45, 7) is 6.09. The molecule has 2 aromatic rings. The van der Waals surface area contributed by atoms with Crippen molar-refractivity contribution < 1.29 is 19.1 Å². The summed E-state index contributed by atoms with van der Waals surface area (Å²) in [6.07, 6.45) is 3.62. The SMILES string of the molecule is CC(C)(C)OC(=O)/N=C/C1CN(C=O)CC[C@@H]1NC(=O)c1cc2ccc(Cl)cc2cn1. The van der Waals surface area contributed by atoms with Crippen molar-refractivity contribution in [3.63, 3.8) is 0 Å². The van der Waals surface area contributed by atoms with Crippen LogP contribution in [0.1, 0.15) is 37.7 Å². The summed E-state index contributed by atoms with van der Waals surface area (Å²) in [6, 6.07) is 6.76. The molecule has 1 unspecified atom stereocenters. The van der Waals surface area contributed by atoms with Gasteiger partial charge in [-0.3, -0.25) is 14.6 Å². The summed E-state index contributed by atoms with van der Waals surface area (Å²) >= 11 is 6.00. The highest BCUT2D eigenvalue weighted by Crippen LogP contribution is 2.20. The normalized spacial score (nSPS) is 19.4. The number of fused-ring (bicyclic) bond motifs is 1. The van der Waals surface area contributed by atoms with Crippen LogP contribution >= 0.6 is 11.6 Å². The number of hydrogen-bond acceptors (Lipinski definition) is 5. The highest BCUT2D eigenvalue weighted by atomic mass is 35.5. The Morgan fingerprint density at radius 2 is 2.06 bits per heavy atom. The first kappa shape index (κ1) is 22.7. The maximum Gasteiger partial charge on any atom is 0.433 e. The minimum Gasteiger partial charge on any atom is -0.442 e. The van der Waals surface area contributed by atoms with Crippen LogP contribution in [-0.4, -0.2) is 59.2 Å². The molecule has 0 aliphatic carbocycles. The number of halogens is 1. The maximum absolute atomic E-state index is 12.8. The second-order valence-corrected chi connectivity index (χ2v) is 8.89. The van der Waals surface area contributed by atoms with E-state index in [1.807, 2.05) is 6.07 Å². The van der Waals surface area contributed by atoms with E-state index in [0.717, 1.165) is 17.2 Å². The maximum atomic E-state index is 12.8. The van der Waals surface area contributed by atoms with Crippen molar-refractivity contribution >= 4 is 47.0 Å². The minimum absolute atomic E-state index is 0.274. The average Bonchev–Trinajstić information content (AvgIpc) is 2.71. The van der Waals surface area contributed by atoms with Gasteiger partial charge >= 0.3 is 6.09 Å². The summed E-state index contributed by atoms with van der Waals surface area (Å²) in [5, 5.41) is 5.25. The number of rotatable bonds is 4. The molecule has 3 rings (SSSR count). The molecular formula is C22H25ClN4O4. The van der Waals surface area contributed by atoms with Crippen molar-refractivity contribution in [3.05, 3.63) is 41.2 Å². The molecule has 0 bridgehead atoms. The van der Waals surface area contributed by atoms with Crippen LogP contribution in [0.2, 0.25) is 5.02 Å². The Hall–Kier alpha value is -3.00. The van der Waals surface area contributed by atoms with Gasteiger partial charge in [-0.25, -0.2) is 4.79 Å². The van der Waals surface area contributed by atoms with E-state index in [1.54, 1.807) is 50.1 Å². The average molecular weight is 445 g/mol. The number of pyridine rings is 1. The Bertz CT molecular complexity index is 1020. The third-order valence-electron chi connectivity index (χ3n) is 4.84. The Balaban J connectivity index is 1.74. The lowest BCUT2D eigenvalue weighted by Gasteiger charge is -2.35. The van der Waals surface area contributed by atoms with Gasteiger partial charge in [-0.2, -0.15) is 4.99 Å². The van der Waals surface area contributed by atoms with Crippen LogP contribution in [0.15, 0.2) is 35.5 Å². The molecule has 1 aliphatic rings. The van der Waals surface area contributed by atoms with Crippen molar-refractivity contribution in [2.75, 3.05) is 13.1 Å². The molecule has 2 heterocycles. The minimum atomic E-state index is -0.712. The molecule has 9 heteroatoms. The number of aliphatic imine (C=N–C) groups is 1. The number of likely N-dealkylation sites (tertiary alicyclic amines) is 1. The largest absolute Gasteiger partial charge is 0.442 e. The number of benzene rings is 1. The predicted molar refractivity (Wildman–Crippen MR) is 118 cm³/mol. The number of carbonyl (C=O) groups is 3. The number of hydrogen-bond donors (Lipinski definition) is 1. The van der Waals surface area contributed by atoms with Gasteiger partial charge in [0.05, 0.1) is 0 Å². The van der Waals surface area contributed by atoms with Crippen LogP contribution < -0.4 is 5.32 Å². The van der Waals surface area contributed by atoms with Gasteiger partial charge in [0.2, 0.25) is 6.41 Å². The highest BCUT2D eigenvalue weighted by Gasteiger charge is 2.30. The van der Waals surface area contributed by atoms with E-state index in [2.05, 4.69) is 15.3 Å². The molecule has 1 N–H and O–H groups in total. The van der Waals surface area contributed by atoms with E-state index in [9.17, 15) is 14.4 Å². The van der Waals surface area contributed by atoms with E-state index in [4.69, 9.17) is 16.3 Å². The highest BCUT2D eigenvalue weighted by molar-refractivity contribution is 6.31. The van der Waals surface area contributed by atoms with Crippen molar-refractivity contribution in [1.29, 1.82) is 0 Å². The van der Waals surface area contributed by atoms with Crippen LogP contribution in [0.3, 0.4) is 0 Å². The summed E-state index contributed by atoms with van der Waals surface area (Å²) in [7, 11) is 0. The molecule has 3 amide bonds. The van der Waals surface area contributed by atoms with Crippen LogP contribution in [0.4, 0.5) is 4.79 Å². The summed E-state index contributed by atoms with van der Waals surface area (Å²) in [5.74, 6) is -0.674. The van der Waals surface area contributed by atoms with Gasteiger partial charge in [0.15, 0.2) is 0 Å². The molecule has 1 fully saturated rings. The van der Waals surface area contributed by atoms with Crippen LogP contribution in [0, 0.1) is 5.92 Å². The first-order valence-electron chi connectivity index (χ1n) is 9.97. The molecular weight excluding hydrogens is 420 g/mol. The smallest absolute Gasteiger partial charge is 0.433 e. The van der Waals surface area contributed by atoms with Gasteiger partial charge in [0.25, 0.3) is 5.91 Å². The fourth-order valence-electron chi connectivity index (χ4n) is 3.36. The fourth-order valence-corrected chi connectivity index (χ4v) is 3.54. The monoisotopic (exact) mass is 444 g/mol. The molecule has 31 heavy (non-hydrogen) atoms. The molecule has 1 aromatic carbocycles. The second-order valence-electron chi connectivity index (χ2n) is 8.45. The Morgan fingerprint density at radius 3 is 2.77 bits per heavy atom. The Kier molecular flexibility index (Phi) is 6.90. The number of piperidine rings is 1. The van der Waals surface area contributed by atoms with Gasteiger partial charge in [-0.1, -0.05) is 17.7 Å². The number of nitrogens with zero attached hydrogens (tertiary/aromatic N) is 3. The number of aromatic nitrogens is 1. The summed E-state index contributed by atoms with van der Waals surface area (Å²) in [4.78, 5) is 45.7. The topological polar surface area (TPSA) is 101 Å². The van der Waals surface area contributed by atoms with Crippen molar-refractivity contribution in [3.8, 4) is 0 Å². The number of ether oxygens (including phenoxy) is 1. The molecule has 0 saturated carbocycles. The molecule has 0 radical (unpaired) electrons. The predicted octanol–water partition coefficient (Wildman–Crippen LogP) is 3.47. The molecule has 8 nitrogen and oxygen atoms in total. The Morgan fingerprint density at radius 1 is 1.29 bits per heavy atom. The van der Waals surface area contributed by atoms with E-state index < -0.39 is 11.7 Å². The van der Waals surface area contributed by atoms with Crippen molar-refractivity contribution in [2.45, 2.75) is 38.8 Å². The van der Waals surface area contributed by atoms with Crippen molar-refractivity contribution in [2.24, 2.45) is 10.9 Å². The van der Waals surface area contributed by atoms with Gasteiger partial charge < -0.3 is 15.0 Å². The number of amides is 3. The lowest BCUT2D eigenvalue weighted by molar-refractivity contribution is -0.119. The zero-order valence-electron chi connectivity index (χ0n) is 17.7. The first-order chi connectivity index (χ1) is 14.6. The second kappa shape index (κ2) is 9.43. The Labute approximate surface area is 185 Å². The molecule has 164 valence electrons. The lowest BCUT2D eigenvalue weighted by Crippen LogP contribution is -2.51. The molecule has 1 aliphatic heterocycles. The van der Waals surface area contributed by atoms with E-state index >= 15 is 0 Å². The third-order valence-corrected chi connectivity index (χ3v) is 5.07. The van der Waals surface area contributed by atoms with Crippen LogP contribution in [0.5, 0.6) is 0 Å². The standard InChI is InChI=1S/C22H25ClN4O4/c1-22(2,3)31-21(30)25-11-16-12-27(13-28)7-6-18(16)26-20(29)19-9-14-4-5-17(23)8-15(14)10-24-19/h4-5,8-11,13,16,18H,6-7,12H2,1-3H3,(H,26,29)/b25-11+/t16?,18-/m0/s1.